The van der Waals surface area contributed by atoms with Crippen molar-refractivity contribution in [3.63, 3.8) is 0 Å². The number of amides is 2. The topological polar surface area (TPSA) is 140 Å². The normalized spacial score (nSPS) is 28.2. The molecule has 1 heterocycles. The average molecular weight is 553 g/mol. The fraction of sp³-hybridized carbons (Fsp3) is 0.571. The van der Waals surface area contributed by atoms with Gasteiger partial charge in [-0.05, 0) is 68.7 Å². The molecular formula is C28H41ClN2O7. The molecule has 2 rings (SSSR count). The number of phenols is 1. The molecule has 1 aromatic rings. The Morgan fingerprint density at radius 3 is 2.42 bits per heavy atom. The van der Waals surface area contributed by atoms with Gasteiger partial charge in [0, 0.05) is 30.7 Å². The molecule has 2 bridgehead atoms. The number of carbonyl (C=O) groups excluding carboxylic acids is 2. The molecule has 1 aromatic carbocycles. The first-order valence-electron chi connectivity index (χ1n) is 12.7. The van der Waals surface area contributed by atoms with Crippen LogP contribution in [0.5, 0.6) is 5.75 Å². The number of aromatic hydroxyl groups is 1. The highest BCUT2D eigenvalue weighted by atomic mass is 35.5. The summed E-state index contributed by atoms with van der Waals surface area (Å²) in [7, 11) is 3.05. The van der Waals surface area contributed by atoms with Gasteiger partial charge in [-0.2, -0.15) is 0 Å². The number of benzene rings is 1. The summed E-state index contributed by atoms with van der Waals surface area (Å²) in [6.07, 6.45) is 1.75. The van der Waals surface area contributed by atoms with Crippen LogP contribution in [-0.2, 0) is 25.4 Å². The third-order valence-electron chi connectivity index (χ3n) is 6.95. The molecule has 0 fully saturated rings. The number of phenolic OH excluding ortho intramolecular Hbond substituents is 1. The Kier molecular flexibility index (Phi) is 12.1. The summed E-state index contributed by atoms with van der Waals surface area (Å²) in [5, 5.41) is 25.1. The third kappa shape index (κ3) is 8.73. The average Bonchev–Trinajstić information content (AvgIpc) is 2.85. The Hall–Kier alpha value is -2.59. The molecule has 1 aliphatic heterocycles. The van der Waals surface area contributed by atoms with Crippen molar-refractivity contribution in [1.82, 2.24) is 0 Å². The van der Waals surface area contributed by atoms with E-state index >= 15 is 0 Å². The molecule has 0 saturated heterocycles. The largest absolute Gasteiger partial charge is 0.505 e. The predicted octanol–water partition coefficient (Wildman–Crippen LogP) is 4.73. The number of carbonyl (C=O) groups is 2. The van der Waals surface area contributed by atoms with Crippen LogP contribution in [0.1, 0.15) is 52.5 Å². The number of hydrogen-bond acceptors (Lipinski definition) is 7. The Bertz CT molecular complexity index is 1040. The number of aliphatic hydroxyl groups is 1. The van der Waals surface area contributed by atoms with E-state index in [2.05, 4.69) is 5.32 Å². The maximum atomic E-state index is 12.8. The molecule has 0 spiro atoms. The monoisotopic (exact) mass is 552 g/mol. The van der Waals surface area contributed by atoms with E-state index in [1.807, 2.05) is 19.9 Å². The Morgan fingerprint density at radius 2 is 1.82 bits per heavy atom. The summed E-state index contributed by atoms with van der Waals surface area (Å²) in [5.74, 6) is -0.785. The second-order valence-electron chi connectivity index (χ2n) is 10.1. The van der Waals surface area contributed by atoms with E-state index in [4.69, 9.17) is 31.5 Å². The minimum absolute atomic E-state index is 0.00711. The fourth-order valence-electron chi connectivity index (χ4n) is 4.84. The highest BCUT2D eigenvalue weighted by molar-refractivity contribution is 6.31. The van der Waals surface area contributed by atoms with Gasteiger partial charge in [-0.15, -0.1) is 0 Å². The molecular weight excluding hydrogens is 512 g/mol. The highest BCUT2D eigenvalue weighted by Gasteiger charge is 2.30. The fourth-order valence-corrected chi connectivity index (χ4v) is 5.08. The Balaban J connectivity index is 2.52. The standard InChI is InChI=1S/C28H41ClN2O7/c1-15-10-19-13-20(29)14-21(25(19)33)31-27(34)16(2)8-7-9-22(36-5)26(38-28(30)35)18(4)12-17(3)24(32)23(11-15)37-6/h8,12-15,17,22-24,26,32-33H,7,9-11H2,1-6H3,(H2,30,35)(H,31,34)/t15-,17+,22+,23+,24-,26+/m1/s1. The molecule has 9 nitrogen and oxygen atoms in total. The van der Waals surface area contributed by atoms with E-state index in [9.17, 15) is 19.8 Å². The lowest BCUT2D eigenvalue weighted by atomic mass is 9.88. The molecule has 5 N–H and O–H groups in total. The number of methoxy groups -OCH3 is 2. The maximum absolute atomic E-state index is 12.8. The van der Waals surface area contributed by atoms with E-state index in [-0.39, 0.29) is 29.2 Å². The van der Waals surface area contributed by atoms with Crippen molar-refractivity contribution < 1.29 is 34.0 Å². The Labute approximate surface area is 230 Å². The van der Waals surface area contributed by atoms with Crippen LogP contribution in [-0.4, -0.2) is 60.8 Å². The van der Waals surface area contributed by atoms with E-state index < -0.39 is 30.5 Å². The Morgan fingerprint density at radius 1 is 1.16 bits per heavy atom. The van der Waals surface area contributed by atoms with Crippen LogP contribution in [0.4, 0.5) is 10.5 Å². The van der Waals surface area contributed by atoms with Crippen molar-refractivity contribution in [2.45, 2.75) is 77.8 Å². The summed E-state index contributed by atoms with van der Waals surface area (Å²) in [4.78, 5) is 24.5. The van der Waals surface area contributed by atoms with E-state index in [0.717, 1.165) is 0 Å². The van der Waals surface area contributed by atoms with Gasteiger partial charge < -0.3 is 35.5 Å². The SMILES string of the molecule is CO[C@H]1C[C@H](C)Cc2cc(Cl)cc(c2O)NC(=O)C(C)=CCC[C@H](OC)[C@@H](OC(N)=O)C(C)=C[C@H](C)[C@H]1O. The van der Waals surface area contributed by atoms with E-state index in [0.29, 0.717) is 47.4 Å². The zero-order valence-electron chi connectivity index (χ0n) is 23.0. The lowest BCUT2D eigenvalue weighted by Crippen LogP contribution is -2.37. The van der Waals surface area contributed by atoms with Crippen molar-refractivity contribution >= 4 is 29.3 Å². The van der Waals surface area contributed by atoms with Crippen LogP contribution in [0.2, 0.25) is 5.02 Å². The number of halogens is 1. The highest BCUT2D eigenvalue weighted by Crippen LogP contribution is 2.35. The minimum atomic E-state index is -0.939. The van der Waals surface area contributed by atoms with Crippen LogP contribution in [0.15, 0.2) is 35.4 Å². The molecule has 0 aromatic heterocycles. The number of anilines is 1. The quantitative estimate of drug-likeness (QED) is 0.314. The number of primary amides is 1. The molecule has 38 heavy (non-hydrogen) atoms. The lowest BCUT2D eigenvalue weighted by Gasteiger charge is -2.30. The molecule has 0 radical (unpaired) electrons. The van der Waals surface area contributed by atoms with E-state index in [1.54, 1.807) is 33.1 Å². The number of hydrogen-bond donors (Lipinski definition) is 4. The second-order valence-corrected chi connectivity index (χ2v) is 10.5. The van der Waals surface area contributed by atoms with Crippen LogP contribution < -0.4 is 11.1 Å². The maximum Gasteiger partial charge on any atom is 0.405 e. The number of nitrogens with one attached hydrogen (secondary N) is 1. The summed E-state index contributed by atoms with van der Waals surface area (Å²) in [6, 6.07) is 3.17. The van der Waals surface area contributed by atoms with Gasteiger partial charge in [-0.1, -0.05) is 37.6 Å². The number of fused-ring (bicyclic) bond motifs is 2. The van der Waals surface area contributed by atoms with Crippen molar-refractivity contribution in [2.24, 2.45) is 17.6 Å². The van der Waals surface area contributed by atoms with Crippen molar-refractivity contribution in [3.05, 3.63) is 46.0 Å². The van der Waals surface area contributed by atoms with Gasteiger partial charge >= 0.3 is 6.09 Å². The second kappa shape index (κ2) is 14.5. The number of rotatable bonds is 3. The van der Waals surface area contributed by atoms with Gasteiger partial charge in [-0.25, -0.2) is 4.79 Å². The zero-order chi connectivity index (χ0) is 28.6. The molecule has 0 aliphatic carbocycles. The number of ether oxygens (including phenoxy) is 3. The first-order chi connectivity index (χ1) is 17.9. The number of nitrogens with two attached hydrogens (primary N) is 1. The smallest absolute Gasteiger partial charge is 0.405 e. The van der Waals surface area contributed by atoms with Crippen molar-refractivity contribution in [3.8, 4) is 5.75 Å². The molecule has 10 heteroatoms. The predicted molar refractivity (Wildman–Crippen MR) is 147 cm³/mol. The molecule has 0 unspecified atom stereocenters. The van der Waals surface area contributed by atoms with Gasteiger partial charge in [0.25, 0.3) is 5.91 Å². The van der Waals surface area contributed by atoms with Gasteiger partial charge in [0.1, 0.15) is 5.75 Å². The summed E-state index contributed by atoms with van der Waals surface area (Å²) in [5.41, 5.74) is 7.27. The third-order valence-corrected chi connectivity index (χ3v) is 7.16. The van der Waals surface area contributed by atoms with Gasteiger partial charge in [0.05, 0.1) is 24.0 Å². The summed E-state index contributed by atoms with van der Waals surface area (Å²) >= 11 is 6.31. The van der Waals surface area contributed by atoms with Crippen molar-refractivity contribution in [2.75, 3.05) is 19.5 Å². The molecule has 0 saturated carbocycles. The summed E-state index contributed by atoms with van der Waals surface area (Å²) < 4.78 is 16.7. The first-order valence-corrected chi connectivity index (χ1v) is 13.1. The molecule has 1 aliphatic rings. The van der Waals surface area contributed by atoms with Gasteiger partial charge in [0.15, 0.2) is 6.10 Å². The summed E-state index contributed by atoms with van der Waals surface area (Å²) in [6.45, 7) is 7.30. The number of allylic oxidation sites excluding steroid dienone is 1. The van der Waals surface area contributed by atoms with Crippen LogP contribution in [0.25, 0.3) is 0 Å². The molecule has 212 valence electrons. The molecule has 2 amide bonds. The molecule has 6 atom stereocenters. The number of aliphatic hydroxyl groups excluding tert-OH is 1. The van der Waals surface area contributed by atoms with Crippen LogP contribution in [0, 0.1) is 11.8 Å². The minimum Gasteiger partial charge on any atom is -0.505 e. The van der Waals surface area contributed by atoms with Gasteiger partial charge in [0.2, 0.25) is 0 Å². The zero-order valence-corrected chi connectivity index (χ0v) is 23.7. The van der Waals surface area contributed by atoms with Crippen molar-refractivity contribution in [1.29, 1.82) is 0 Å². The lowest BCUT2D eigenvalue weighted by molar-refractivity contribution is -0.112. The van der Waals surface area contributed by atoms with Crippen LogP contribution in [0.3, 0.4) is 0 Å². The van der Waals surface area contributed by atoms with E-state index in [1.165, 1.54) is 13.2 Å². The first kappa shape index (κ1) is 31.6. The van der Waals surface area contributed by atoms with Crippen LogP contribution >= 0.6 is 11.6 Å². The van der Waals surface area contributed by atoms with Gasteiger partial charge in [-0.3, -0.25) is 4.79 Å².